The third-order valence-corrected chi connectivity index (χ3v) is 2.86. The van der Waals surface area contributed by atoms with Crippen LogP contribution in [0.15, 0.2) is 0 Å². The lowest BCUT2D eigenvalue weighted by atomic mass is 9.83. The molecule has 1 fully saturated rings. The molecular weight excluding hydrogens is 207 g/mol. The van der Waals surface area contributed by atoms with Gasteiger partial charge in [-0.2, -0.15) is 13.2 Å². The first-order valence-corrected chi connectivity index (χ1v) is 5.42. The second kappa shape index (κ2) is 5.70. The Hall–Kier alpha value is -0.290. The van der Waals surface area contributed by atoms with E-state index in [1.807, 2.05) is 0 Å². The van der Waals surface area contributed by atoms with Gasteiger partial charge in [0.1, 0.15) is 0 Å². The average Bonchev–Trinajstić information content (AvgIpc) is 2.05. The quantitative estimate of drug-likeness (QED) is 0.753. The topological polar surface area (TPSA) is 35.2 Å². The van der Waals surface area contributed by atoms with Crippen LogP contribution in [-0.4, -0.2) is 25.4 Å². The average molecular weight is 225 g/mol. The fourth-order valence-corrected chi connectivity index (χ4v) is 1.65. The highest BCUT2D eigenvalue weighted by atomic mass is 19.4. The van der Waals surface area contributed by atoms with Gasteiger partial charge < -0.3 is 10.5 Å². The van der Waals surface area contributed by atoms with Crippen LogP contribution in [0.4, 0.5) is 13.2 Å². The Morgan fingerprint density at radius 3 is 2.40 bits per heavy atom. The van der Waals surface area contributed by atoms with Gasteiger partial charge in [-0.1, -0.05) is 19.3 Å². The molecule has 1 saturated carbocycles. The fraction of sp³-hybridized carbons (Fsp3) is 1.00. The number of nitrogens with two attached hydrogens (primary N) is 1. The van der Waals surface area contributed by atoms with Crippen LogP contribution in [0.5, 0.6) is 0 Å². The number of halogens is 3. The summed E-state index contributed by atoms with van der Waals surface area (Å²) in [5.41, 5.74) is 5.11. The van der Waals surface area contributed by atoms with E-state index in [4.69, 9.17) is 10.5 Å². The molecule has 5 heteroatoms. The minimum Gasteiger partial charge on any atom is -0.369 e. The molecule has 0 saturated heterocycles. The van der Waals surface area contributed by atoms with E-state index in [0.717, 1.165) is 19.3 Å². The van der Waals surface area contributed by atoms with Crippen LogP contribution in [0.25, 0.3) is 0 Å². The Morgan fingerprint density at radius 1 is 1.33 bits per heavy atom. The molecule has 2 N–H and O–H groups in total. The number of ether oxygens (including phenoxy) is 1. The first-order valence-electron chi connectivity index (χ1n) is 5.42. The summed E-state index contributed by atoms with van der Waals surface area (Å²) in [6.07, 6.45) is -1.88. The van der Waals surface area contributed by atoms with Crippen LogP contribution in [-0.2, 0) is 4.74 Å². The fourth-order valence-electron chi connectivity index (χ4n) is 1.65. The van der Waals surface area contributed by atoms with Gasteiger partial charge in [0, 0.05) is 6.61 Å². The van der Waals surface area contributed by atoms with Crippen LogP contribution in [0.3, 0.4) is 0 Å². The van der Waals surface area contributed by atoms with E-state index in [0.29, 0.717) is 5.92 Å². The molecule has 0 aromatic heterocycles. The van der Waals surface area contributed by atoms with Crippen molar-refractivity contribution in [2.75, 3.05) is 13.2 Å². The van der Waals surface area contributed by atoms with Gasteiger partial charge in [0.05, 0.1) is 0 Å². The summed E-state index contributed by atoms with van der Waals surface area (Å²) in [7, 11) is 0. The summed E-state index contributed by atoms with van der Waals surface area (Å²) in [6.45, 7) is 0.211. The summed E-state index contributed by atoms with van der Waals surface area (Å²) in [5.74, 6) is 0.580. The van der Waals surface area contributed by atoms with Gasteiger partial charge >= 0.3 is 6.18 Å². The molecule has 0 aliphatic heterocycles. The monoisotopic (exact) mass is 225 g/mol. The van der Waals surface area contributed by atoms with Crippen molar-refractivity contribution < 1.29 is 17.9 Å². The van der Waals surface area contributed by atoms with E-state index in [1.54, 1.807) is 0 Å². The maximum atomic E-state index is 12.3. The molecule has 0 heterocycles. The highest BCUT2D eigenvalue weighted by molar-refractivity contribution is 4.71. The molecule has 0 radical (unpaired) electrons. The largest absolute Gasteiger partial charge is 0.414 e. The first kappa shape index (κ1) is 12.8. The zero-order valence-corrected chi connectivity index (χ0v) is 8.72. The van der Waals surface area contributed by atoms with Gasteiger partial charge in [-0.15, -0.1) is 0 Å². The molecule has 1 aliphatic rings. The van der Waals surface area contributed by atoms with Crippen LogP contribution in [0.1, 0.15) is 32.1 Å². The lowest BCUT2D eigenvalue weighted by molar-refractivity contribution is -0.222. The maximum Gasteiger partial charge on any atom is 0.414 e. The Bertz CT molecular complexity index is 180. The van der Waals surface area contributed by atoms with Gasteiger partial charge in [-0.25, -0.2) is 0 Å². The van der Waals surface area contributed by atoms with Gasteiger partial charge in [0.15, 0.2) is 6.10 Å². The molecule has 90 valence electrons. The molecule has 1 unspecified atom stereocenters. The predicted molar refractivity (Wildman–Crippen MR) is 51.4 cm³/mol. The minimum atomic E-state index is -4.28. The first-order chi connectivity index (χ1) is 7.04. The molecule has 0 aromatic carbocycles. The third-order valence-electron chi connectivity index (χ3n) is 2.86. The van der Waals surface area contributed by atoms with Crippen molar-refractivity contribution in [2.45, 2.75) is 44.4 Å². The van der Waals surface area contributed by atoms with E-state index >= 15 is 0 Å². The van der Waals surface area contributed by atoms with Crippen LogP contribution < -0.4 is 5.73 Å². The van der Waals surface area contributed by atoms with Crippen molar-refractivity contribution in [1.82, 2.24) is 0 Å². The minimum absolute atomic E-state index is 0.00754. The van der Waals surface area contributed by atoms with Gasteiger partial charge in [0.2, 0.25) is 0 Å². The van der Waals surface area contributed by atoms with E-state index in [1.165, 1.54) is 6.42 Å². The van der Waals surface area contributed by atoms with Crippen LogP contribution in [0, 0.1) is 5.92 Å². The maximum absolute atomic E-state index is 12.3. The standard InChI is InChI=1S/C10H18F3NO/c11-10(12,13)9(4-6-14)15-7-5-8-2-1-3-8/h8-9H,1-7,14H2. The number of alkyl halides is 3. The van der Waals surface area contributed by atoms with Crippen molar-refractivity contribution in [3.63, 3.8) is 0 Å². The van der Waals surface area contributed by atoms with Gasteiger partial charge in [-0.05, 0) is 25.3 Å². The highest BCUT2D eigenvalue weighted by Crippen LogP contribution is 2.30. The summed E-state index contributed by atoms with van der Waals surface area (Å²) < 4.78 is 41.9. The molecule has 1 atom stereocenters. The van der Waals surface area contributed by atoms with E-state index < -0.39 is 12.3 Å². The van der Waals surface area contributed by atoms with Crippen LogP contribution >= 0.6 is 0 Å². The molecule has 0 amide bonds. The Balaban J connectivity index is 2.18. The van der Waals surface area contributed by atoms with Crippen LogP contribution in [0.2, 0.25) is 0 Å². The zero-order valence-electron chi connectivity index (χ0n) is 8.72. The SMILES string of the molecule is NCCC(OCCC1CCC1)C(F)(F)F. The number of rotatable bonds is 6. The molecule has 0 bridgehead atoms. The zero-order chi connectivity index (χ0) is 11.3. The third kappa shape index (κ3) is 4.38. The van der Waals surface area contributed by atoms with E-state index in [9.17, 15) is 13.2 Å². The van der Waals surface area contributed by atoms with Crippen molar-refractivity contribution in [3.05, 3.63) is 0 Å². The van der Waals surface area contributed by atoms with Crippen molar-refractivity contribution in [1.29, 1.82) is 0 Å². The van der Waals surface area contributed by atoms with Crippen molar-refractivity contribution in [3.8, 4) is 0 Å². The van der Waals surface area contributed by atoms with Gasteiger partial charge in [0.25, 0.3) is 0 Å². The van der Waals surface area contributed by atoms with E-state index in [-0.39, 0.29) is 19.6 Å². The number of hydrogen-bond donors (Lipinski definition) is 1. The molecule has 2 nitrogen and oxygen atoms in total. The Morgan fingerprint density at radius 2 is 2.00 bits per heavy atom. The van der Waals surface area contributed by atoms with Gasteiger partial charge in [-0.3, -0.25) is 0 Å². The molecule has 1 aliphatic carbocycles. The molecular formula is C10H18F3NO. The Kier molecular flexibility index (Phi) is 4.86. The highest BCUT2D eigenvalue weighted by Gasteiger charge is 2.39. The molecule has 0 spiro atoms. The van der Waals surface area contributed by atoms with E-state index in [2.05, 4.69) is 0 Å². The molecule has 15 heavy (non-hydrogen) atoms. The predicted octanol–water partition coefficient (Wildman–Crippen LogP) is 2.47. The van der Waals surface area contributed by atoms with Crippen molar-refractivity contribution >= 4 is 0 Å². The molecule has 0 aromatic rings. The lowest BCUT2D eigenvalue weighted by Crippen LogP contribution is -2.34. The summed E-state index contributed by atoms with van der Waals surface area (Å²) in [4.78, 5) is 0. The summed E-state index contributed by atoms with van der Waals surface area (Å²) >= 11 is 0. The lowest BCUT2D eigenvalue weighted by Gasteiger charge is -2.26. The smallest absolute Gasteiger partial charge is 0.369 e. The normalized spacial score (nSPS) is 20.0. The second-order valence-electron chi connectivity index (χ2n) is 4.06. The Labute approximate surface area is 88.0 Å². The summed E-state index contributed by atoms with van der Waals surface area (Å²) in [5, 5.41) is 0. The summed E-state index contributed by atoms with van der Waals surface area (Å²) in [6, 6.07) is 0. The number of hydrogen-bond acceptors (Lipinski definition) is 2. The molecule has 1 rings (SSSR count). The van der Waals surface area contributed by atoms with Crippen molar-refractivity contribution in [2.24, 2.45) is 11.7 Å². The second-order valence-corrected chi connectivity index (χ2v) is 4.06.